The molecule has 1 aliphatic carbocycles. The smallest absolute Gasteiger partial charge is 0.329 e. The summed E-state index contributed by atoms with van der Waals surface area (Å²) in [5.74, 6) is -0.914. The van der Waals surface area contributed by atoms with E-state index in [1.165, 1.54) is 10.5 Å². The van der Waals surface area contributed by atoms with Gasteiger partial charge < -0.3 is 10.0 Å². The van der Waals surface area contributed by atoms with Crippen molar-refractivity contribution >= 4 is 12.4 Å². The number of amides is 1. The van der Waals surface area contributed by atoms with Gasteiger partial charge in [0.05, 0.1) is 0 Å². The first kappa shape index (κ1) is 13.6. The molecule has 1 N–H and O–H groups in total. The average Bonchev–Trinajstić information content (AvgIpc) is 2.38. The summed E-state index contributed by atoms with van der Waals surface area (Å²) in [6.45, 7) is 3.69. The van der Waals surface area contributed by atoms with E-state index in [-0.39, 0.29) is 6.04 Å². The van der Waals surface area contributed by atoms with Gasteiger partial charge in [0, 0.05) is 12.5 Å². The molecular formula is C15H19NO3. The molecule has 19 heavy (non-hydrogen) atoms. The SMILES string of the molecule is CC(C)N(C=O)C1(C(=O)O)CCc2ccccc2C1. The van der Waals surface area contributed by atoms with Crippen LogP contribution in [0.5, 0.6) is 0 Å². The van der Waals surface area contributed by atoms with Crippen molar-refractivity contribution in [3.63, 3.8) is 0 Å². The Hall–Kier alpha value is -1.84. The van der Waals surface area contributed by atoms with Crippen LogP contribution < -0.4 is 0 Å². The van der Waals surface area contributed by atoms with Crippen LogP contribution in [-0.4, -0.2) is 34.0 Å². The number of carboxylic acid groups (broad SMARTS) is 1. The van der Waals surface area contributed by atoms with E-state index < -0.39 is 11.5 Å². The fourth-order valence-corrected chi connectivity index (χ4v) is 2.95. The largest absolute Gasteiger partial charge is 0.479 e. The third kappa shape index (κ3) is 2.23. The first-order valence-corrected chi connectivity index (χ1v) is 6.55. The summed E-state index contributed by atoms with van der Waals surface area (Å²) >= 11 is 0. The van der Waals surface area contributed by atoms with Crippen LogP contribution in [0.25, 0.3) is 0 Å². The molecular weight excluding hydrogens is 242 g/mol. The molecule has 102 valence electrons. The molecule has 1 aromatic carbocycles. The third-order valence-corrected chi connectivity index (χ3v) is 3.97. The van der Waals surface area contributed by atoms with Crippen LogP contribution >= 0.6 is 0 Å². The van der Waals surface area contributed by atoms with Gasteiger partial charge in [-0.25, -0.2) is 4.79 Å². The van der Waals surface area contributed by atoms with Gasteiger partial charge in [0.1, 0.15) is 5.54 Å². The molecule has 1 aliphatic rings. The van der Waals surface area contributed by atoms with Crippen LogP contribution in [0.4, 0.5) is 0 Å². The van der Waals surface area contributed by atoms with E-state index in [4.69, 9.17) is 0 Å². The van der Waals surface area contributed by atoms with Crippen molar-refractivity contribution in [2.24, 2.45) is 0 Å². The number of hydrogen-bond acceptors (Lipinski definition) is 2. The standard InChI is InChI=1S/C15H19NO3/c1-11(2)16(10-17)15(14(18)19)8-7-12-5-3-4-6-13(12)9-15/h3-6,10-11H,7-9H2,1-2H3,(H,18,19). The molecule has 2 rings (SSSR count). The van der Waals surface area contributed by atoms with Crippen LogP contribution in [0.3, 0.4) is 0 Å². The van der Waals surface area contributed by atoms with E-state index in [2.05, 4.69) is 0 Å². The summed E-state index contributed by atoms with van der Waals surface area (Å²) < 4.78 is 0. The minimum atomic E-state index is -1.11. The van der Waals surface area contributed by atoms with Crippen molar-refractivity contribution < 1.29 is 14.7 Å². The zero-order valence-corrected chi connectivity index (χ0v) is 11.3. The second-order valence-electron chi connectivity index (χ2n) is 5.39. The van der Waals surface area contributed by atoms with Gasteiger partial charge in [0.25, 0.3) is 0 Å². The number of hydrogen-bond donors (Lipinski definition) is 1. The second-order valence-corrected chi connectivity index (χ2v) is 5.39. The Morgan fingerprint density at radius 2 is 2.00 bits per heavy atom. The quantitative estimate of drug-likeness (QED) is 0.842. The highest BCUT2D eigenvalue weighted by molar-refractivity contribution is 5.82. The Balaban J connectivity index is 2.44. The fraction of sp³-hybridized carbons (Fsp3) is 0.467. The number of carbonyl (C=O) groups is 2. The second kappa shape index (κ2) is 5.03. The molecule has 0 aliphatic heterocycles. The molecule has 1 unspecified atom stereocenters. The Bertz CT molecular complexity index is 498. The molecule has 0 bridgehead atoms. The van der Waals surface area contributed by atoms with Gasteiger partial charge in [-0.15, -0.1) is 0 Å². The van der Waals surface area contributed by atoms with Gasteiger partial charge in [0.2, 0.25) is 6.41 Å². The minimum absolute atomic E-state index is 0.126. The lowest BCUT2D eigenvalue weighted by Gasteiger charge is -2.43. The highest BCUT2D eigenvalue weighted by Gasteiger charge is 2.47. The van der Waals surface area contributed by atoms with Crippen LogP contribution in [0.2, 0.25) is 0 Å². The first-order valence-electron chi connectivity index (χ1n) is 6.55. The number of nitrogens with zero attached hydrogens (tertiary/aromatic N) is 1. The highest BCUT2D eigenvalue weighted by Crippen LogP contribution is 2.34. The molecule has 1 aromatic rings. The van der Waals surface area contributed by atoms with Crippen LogP contribution in [0.15, 0.2) is 24.3 Å². The maximum absolute atomic E-state index is 11.8. The van der Waals surface area contributed by atoms with Crippen LogP contribution in [-0.2, 0) is 22.4 Å². The Kier molecular flexibility index (Phi) is 3.60. The summed E-state index contributed by atoms with van der Waals surface area (Å²) in [6, 6.07) is 7.74. The molecule has 0 saturated carbocycles. The van der Waals surface area contributed by atoms with E-state index >= 15 is 0 Å². The predicted molar refractivity (Wildman–Crippen MR) is 71.9 cm³/mol. The summed E-state index contributed by atoms with van der Waals surface area (Å²) in [5, 5.41) is 9.66. The average molecular weight is 261 g/mol. The molecule has 4 nitrogen and oxygen atoms in total. The van der Waals surface area contributed by atoms with Crippen molar-refractivity contribution in [3.05, 3.63) is 35.4 Å². The lowest BCUT2D eigenvalue weighted by molar-refractivity contribution is -0.158. The number of rotatable bonds is 4. The maximum Gasteiger partial charge on any atom is 0.329 e. The zero-order chi connectivity index (χ0) is 14.0. The van der Waals surface area contributed by atoms with Gasteiger partial charge in [-0.05, 0) is 37.8 Å². The van der Waals surface area contributed by atoms with E-state index in [1.54, 1.807) is 0 Å². The molecule has 0 saturated heterocycles. The lowest BCUT2D eigenvalue weighted by atomic mass is 9.76. The Labute approximate surface area is 113 Å². The maximum atomic E-state index is 11.8. The van der Waals surface area contributed by atoms with E-state index in [9.17, 15) is 14.7 Å². The first-order chi connectivity index (χ1) is 9.01. The molecule has 1 amide bonds. The van der Waals surface area contributed by atoms with Crippen LogP contribution in [0, 0.1) is 0 Å². The zero-order valence-electron chi connectivity index (χ0n) is 11.3. The van der Waals surface area contributed by atoms with E-state index in [0.29, 0.717) is 25.7 Å². The number of carboxylic acids is 1. The van der Waals surface area contributed by atoms with Crippen molar-refractivity contribution in [1.29, 1.82) is 0 Å². The molecule has 1 atom stereocenters. The van der Waals surface area contributed by atoms with Gasteiger partial charge in [-0.1, -0.05) is 24.3 Å². The minimum Gasteiger partial charge on any atom is -0.479 e. The van der Waals surface area contributed by atoms with Crippen LogP contribution in [0.1, 0.15) is 31.4 Å². The molecule has 0 heterocycles. The molecule has 0 fully saturated rings. The number of carbonyl (C=O) groups excluding carboxylic acids is 1. The van der Waals surface area contributed by atoms with E-state index in [1.807, 2.05) is 38.1 Å². The molecule has 0 radical (unpaired) electrons. The van der Waals surface area contributed by atoms with Crippen molar-refractivity contribution in [3.8, 4) is 0 Å². The van der Waals surface area contributed by atoms with Gasteiger partial charge in [-0.3, -0.25) is 4.79 Å². The number of aryl methyl sites for hydroxylation is 1. The Morgan fingerprint density at radius 1 is 1.37 bits per heavy atom. The van der Waals surface area contributed by atoms with Crippen molar-refractivity contribution in [2.45, 2.75) is 44.7 Å². The van der Waals surface area contributed by atoms with Crippen molar-refractivity contribution in [2.75, 3.05) is 0 Å². The van der Waals surface area contributed by atoms with E-state index in [0.717, 1.165) is 5.56 Å². The van der Waals surface area contributed by atoms with Crippen molar-refractivity contribution in [1.82, 2.24) is 4.90 Å². The monoisotopic (exact) mass is 261 g/mol. The number of fused-ring (bicyclic) bond motifs is 1. The summed E-state index contributed by atoms with van der Waals surface area (Å²) in [4.78, 5) is 24.6. The molecule has 4 heteroatoms. The topological polar surface area (TPSA) is 57.6 Å². The Morgan fingerprint density at radius 3 is 2.53 bits per heavy atom. The normalized spacial score (nSPS) is 21.8. The summed E-state index contributed by atoms with van der Waals surface area (Å²) in [5.41, 5.74) is 1.11. The van der Waals surface area contributed by atoms with Gasteiger partial charge >= 0.3 is 5.97 Å². The van der Waals surface area contributed by atoms with Gasteiger partial charge in [0.15, 0.2) is 0 Å². The highest BCUT2D eigenvalue weighted by atomic mass is 16.4. The summed E-state index contributed by atoms with van der Waals surface area (Å²) in [7, 11) is 0. The van der Waals surface area contributed by atoms with Gasteiger partial charge in [-0.2, -0.15) is 0 Å². The fourth-order valence-electron chi connectivity index (χ4n) is 2.95. The lowest BCUT2D eigenvalue weighted by Crippen LogP contribution is -2.59. The third-order valence-electron chi connectivity index (χ3n) is 3.97. The number of aliphatic carboxylic acids is 1. The predicted octanol–water partition coefficient (Wildman–Crippen LogP) is 1.87. The number of benzene rings is 1. The molecule has 0 spiro atoms. The molecule has 0 aromatic heterocycles. The summed E-state index contributed by atoms with van der Waals surface area (Å²) in [6.07, 6.45) is 2.22.